The third kappa shape index (κ3) is 25.2. The highest BCUT2D eigenvalue weighted by atomic mass is 33.1. The van der Waals surface area contributed by atoms with Crippen LogP contribution < -0.4 is 43.7 Å². The maximum absolute atomic E-state index is 12.8. The molecule has 1 aromatic heterocycles. The van der Waals surface area contributed by atoms with Crippen LogP contribution >= 0.6 is 45.1 Å². The number of hydrogen-bond acceptors (Lipinski definition) is 25. The van der Waals surface area contributed by atoms with Crippen molar-refractivity contribution in [2.45, 2.75) is 51.2 Å². The fourth-order valence-electron chi connectivity index (χ4n) is 7.40. The zero-order valence-corrected chi connectivity index (χ0v) is 52.1. The predicted molar refractivity (Wildman–Crippen MR) is 314 cm³/mol. The number of nitrogens with one attached hydrogen (secondary N) is 4. The van der Waals surface area contributed by atoms with Crippen molar-refractivity contribution in [2.75, 3.05) is 55.4 Å². The van der Waals surface area contributed by atoms with E-state index in [2.05, 4.69) is 48.0 Å². The summed E-state index contributed by atoms with van der Waals surface area (Å²) in [5.41, 5.74) is 8.20. The molecule has 0 saturated carbocycles. The van der Waals surface area contributed by atoms with Crippen molar-refractivity contribution in [1.82, 2.24) is 25.5 Å². The summed E-state index contributed by atoms with van der Waals surface area (Å²) in [7, 11) is -21.0. The normalized spacial score (nSPS) is 16.3. The molecule has 4 unspecified atom stereocenters. The average Bonchev–Trinajstić information content (AvgIpc) is 0.863. The Balaban J connectivity index is 0.00000186. The largest absolute Gasteiger partial charge is 0.490 e. The van der Waals surface area contributed by atoms with Crippen LogP contribution in [0.25, 0.3) is 39.1 Å². The lowest BCUT2D eigenvalue weighted by atomic mass is 9.89. The van der Waals surface area contributed by atoms with Gasteiger partial charge in [-0.2, -0.15) is 8.62 Å². The molecule has 3 heterocycles. The minimum absolute atomic E-state index is 0.0858. The van der Waals surface area contributed by atoms with E-state index < -0.39 is 96.0 Å². The second kappa shape index (κ2) is 34.7. The standard InChI is InChI=1S/C45H54N7O19P3S4.2O3S/c1-3-78(75)26-66-38-23-39(68-43(38)69-73(61,62)71-74(63,64)70-72(58,59)60)52-24-29(41(53)51-45(52)57)8-7-16-50-44(56)49-15-5-4-6-18-65-25-77-76-19-17-48-27(2)28-9-12-32(42(54)55)35(20-28)40-33-13-10-30(46)21-36(33)67-37-22-31(47)11-14-34(37)40;2*1-4(2)3/h9-14,20-22,24,38-39,43,46,48H,2-6,15-19,23,25-26,47H2,1H3,(H,54,55)(H,61,62)(H,63,64)(H2,49,50,56)(H,51,53,57)(H2,58,59,60);;/p+1/t38?,39-,43-,78?;;/m1../s1. The second-order valence-electron chi connectivity index (χ2n) is 17.0. The van der Waals surface area contributed by atoms with Crippen molar-refractivity contribution < 1.29 is 110 Å². The molecule has 13 N–H and O–H groups in total. The number of ether oxygens (including phenoxy) is 3. The molecule has 1 saturated heterocycles. The molecule has 1 fully saturated rings. The number of carboxylic acids is 1. The Hall–Kier alpha value is -5.75. The first-order chi connectivity index (χ1) is 40.4. The van der Waals surface area contributed by atoms with E-state index in [0.29, 0.717) is 93.5 Å². The molecule has 2 amide bonds. The number of phosphoric ester groups is 1. The number of phosphoric acid groups is 3. The molecule has 2 aliphatic heterocycles. The molecule has 6 atom stereocenters. The first kappa shape index (κ1) is 72.7. The first-order valence-electron chi connectivity index (χ1n) is 24.2. The molecular weight excluding hydrogens is 1320 g/mol. The van der Waals surface area contributed by atoms with Gasteiger partial charge in [-0.1, -0.05) is 62.5 Å². The lowest BCUT2D eigenvalue weighted by molar-refractivity contribution is -0.172. The number of nitrogens with zero attached hydrogens (tertiary/aromatic N) is 1. The van der Waals surface area contributed by atoms with Gasteiger partial charge >= 0.3 is 62.4 Å². The summed E-state index contributed by atoms with van der Waals surface area (Å²) in [6, 6.07) is 15.0. The minimum atomic E-state index is -5.87. The summed E-state index contributed by atoms with van der Waals surface area (Å²) in [5, 5.41) is 26.0. The van der Waals surface area contributed by atoms with E-state index in [9.17, 15) is 47.8 Å². The van der Waals surface area contributed by atoms with Crippen LogP contribution in [0.3, 0.4) is 0 Å². The highest BCUT2D eigenvalue weighted by Gasteiger charge is 2.47. The van der Waals surface area contributed by atoms with Gasteiger partial charge in [0.2, 0.25) is 0 Å². The van der Waals surface area contributed by atoms with E-state index >= 15 is 0 Å². The molecule has 0 radical (unpaired) electrons. The molecule has 3 aromatic rings. The van der Waals surface area contributed by atoms with Crippen LogP contribution in [0.5, 0.6) is 0 Å². The Morgan fingerprint density at radius 2 is 1.63 bits per heavy atom. The minimum Gasteiger partial charge on any atom is -0.478 e. The van der Waals surface area contributed by atoms with Gasteiger partial charge < -0.3 is 65.0 Å². The van der Waals surface area contributed by atoms with Gasteiger partial charge in [-0.3, -0.25) is 24.3 Å². The summed E-state index contributed by atoms with van der Waals surface area (Å²) in [4.78, 5) is 89.7. The quantitative estimate of drug-likeness (QED) is 0.00642. The van der Waals surface area contributed by atoms with Crippen molar-refractivity contribution >= 4 is 121 Å². The Morgan fingerprint density at radius 3 is 2.30 bits per heavy atom. The fourth-order valence-corrected chi connectivity index (χ4v) is 12.7. The van der Waals surface area contributed by atoms with Crippen LogP contribution in [0, 0.1) is 11.8 Å². The van der Waals surface area contributed by atoms with Crippen LogP contribution in [0.1, 0.15) is 60.3 Å². The number of carbonyl (C=O) groups is 2. The number of H-pyrrole nitrogens is 1. The number of nitrogen functional groups attached to an aromatic ring is 1. The Kier molecular flexibility index (Phi) is 29.3. The summed E-state index contributed by atoms with van der Waals surface area (Å²) in [5.74, 6) is 6.15. The number of unbranched alkanes of at least 4 members (excludes halogenated alkanes) is 2. The number of amides is 2. The number of nitrogens with two attached hydrogens (primary N) is 2. The van der Waals surface area contributed by atoms with E-state index in [1.54, 1.807) is 83.1 Å². The van der Waals surface area contributed by atoms with Gasteiger partial charge in [0.1, 0.15) is 35.2 Å². The maximum atomic E-state index is 12.8. The zero-order chi connectivity index (χ0) is 63.9. The van der Waals surface area contributed by atoms with Gasteiger partial charge in [-0.25, -0.2) is 28.1 Å². The summed E-state index contributed by atoms with van der Waals surface area (Å²) in [6.07, 6.45) is -1.59. The fraction of sp³-hybridized carbons (Fsp3) is 0.356. The topological polar surface area (TPSA) is 500 Å². The van der Waals surface area contributed by atoms with E-state index in [4.69, 9.17) is 80.5 Å². The number of benzene rings is 3. The molecule has 86 heavy (non-hydrogen) atoms. The molecule has 41 heteroatoms. The number of rotatable bonds is 28. The van der Waals surface area contributed by atoms with Crippen molar-refractivity contribution in [1.29, 1.82) is 0 Å². The number of urea groups is 1. The van der Waals surface area contributed by atoms with Crippen LogP contribution in [0.15, 0.2) is 81.4 Å². The van der Waals surface area contributed by atoms with Crippen LogP contribution in [-0.4, -0.2) is 134 Å². The van der Waals surface area contributed by atoms with Gasteiger partial charge in [0.05, 0.1) is 24.1 Å². The molecule has 3 aliphatic rings. The molecule has 2 aromatic carbocycles. The highest BCUT2D eigenvalue weighted by molar-refractivity contribution is 8.76. The number of aromatic amines is 1. The Morgan fingerprint density at radius 1 is 0.919 bits per heavy atom. The number of carboxylic acid groups (broad SMARTS) is 1. The van der Waals surface area contributed by atoms with Crippen LogP contribution in [0.4, 0.5) is 10.5 Å². The number of carbonyl (C=O) groups excluding carboxylic acids is 1. The lowest BCUT2D eigenvalue weighted by Crippen LogP contribution is -2.44. The number of anilines is 1. The third-order valence-corrected chi connectivity index (χ3v) is 18.8. The van der Waals surface area contributed by atoms with Crippen molar-refractivity contribution in [2.24, 2.45) is 0 Å². The summed E-state index contributed by atoms with van der Waals surface area (Å²) in [6.45, 7) is 7.25. The van der Waals surface area contributed by atoms with E-state index in [0.717, 1.165) is 29.4 Å². The van der Waals surface area contributed by atoms with Gasteiger partial charge in [0, 0.05) is 78.1 Å². The highest BCUT2D eigenvalue weighted by Crippen LogP contribution is 2.67. The van der Waals surface area contributed by atoms with E-state index in [1.165, 1.54) is 0 Å². The van der Waals surface area contributed by atoms with Crippen LogP contribution in [0.2, 0.25) is 0 Å². The molecule has 6 rings (SSSR count). The first-order valence-corrected chi connectivity index (χ1v) is 35.7. The Labute approximate surface area is 505 Å². The number of aromatic carboxylic acids is 1. The lowest BCUT2D eigenvalue weighted by Gasteiger charge is -2.22. The van der Waals surface area contributed by atoms with E-state index in [-0.39, 0.29) is 30.0 Å². The molecule has 0 spiro atoms. The van der Waals surface area contributed by atoms with Gasteiger partial charge in [0.15, 0.2) is 11.6 Å². The molecule has 0 bridgehead atoms. The van der Waals surface area contributed by atoms with Gasteiger partial charge in [-0.15, -0.1) is 25.3 Å². The molecule has 470 valence electrons. The Bertz CT molecular complexity index is 3860. The predicted octanol–water partition coefficient (Wildman–Crippen LogP) is 1.45. The SMILES string of the molecule is C=C(NCCSSCOCCCCCNC(=O)NCC#Cc1cn([C@H]2CC(OCS(=S)CC)[C@@H](OP(=O)(O)OP(=O)(O)OP(=O)(O)O)O2)c(=O)[nH]c1=O)c1ccc(C(=O)O)c(-c2c3ccc(=[NH2+])cc-3oc3cc(N)ccc23)c1.O=S(=O)=O.O=S(=O)=O. The average molecular weight is 1380 g/mol. The summed E-state index contributed by atoms with van der Waals surface area (Å²) >= 11 is 5.26. The van der Waals surface area contributed by atoms with Crippen LogP contribution in [-0.2, 0) is 82.9 Å². The summed E-state index contributed by atoms with van der Waals surface area (Å²) < 4.78 is 123. The number of fused-ring (bicyclic) bond motifs is 2. The van der Waals surface area contributed by atoms with Crippen molar-refractivity contribution in [3.05, 3.63) is 110 Å². The zero-order valence-electron chi connectivity index (χ0n) is 44.5. The molecule has 1 aliphatic carbocycles. The number of aromatic nitrogens is 2. The van der Waals surface area contributed by atoms with Gasteiger partial charge in [-0.05, 0) is 77.7 Å². The van der Waals surface area contributed by atoms with Gasteiger partial charge in [0.25, 0.3) is 5.56 Å². The molecule has 32 nitrogen and oxygen atoms in total. The molecular formula is C45H55N7O25P3S6+. The van der Waals surface area contributed by atoms with Crippen molar-refractivity contribution in [3.63, 3.8) is 0 Å². The number of hydrogen-bond donors (Lipinski definition) is 11. The monoisotopic (exact) mass is 1380 g/mol. The van der Waals surface area contributed by atoms with E-state index in [1.807, 2.05) is 0 Å². The second-order valence-corrected chi connectivity index (χ2v) is 27.8. The smallest absolute Gasteiger partial charge is 0.478 e. The maximum Gasteiger partial charge on any atom is 0.490 e. The van der Waals surface area contributed by atoms with Crippen molar-refractivity contribution in [3.8, 4) is 34.3 Å². The third-order valence-electron chi connectivity index (χ3n) is 10.9.